The quantitative estimate of drug-likeness (QED) is 0.385. The van der Waals surface area contributed by atoms with Gasteiger partial charge in [-0.1, -0.05) is 0 Å². The molecular formula is Nd2Pr2. The fourth-order valence-electron chi connectivity index (χ4n) is 0. The van der Waals surface area contributed by atoms with Gasteiger partial charge >= 0.3 is 0 Å². The Balaban J connectivity index is 0. The third-order valence-corrected chi connectivity index (χ3v) is 0. The van der Waals surface area contributed by atoms with Crippen LogP contribution >= 0.6 is 0 Å². The number of hydrogen-bond acceptors (Lipinski definition) is 0. The normalized spacial score (nSPS) is 0. The van der Waals surface area contributed by atoms with E-state index in [2.05, 4.69) is 0 Å². The van der Waals surface area contributed by atoms with Crippen LogP contribution in [0.4, 0.5) is 0 Å². The molecule has 4 heteroatoms. The Morgan fingerprint density at radius 2 is 0.500 bits per heavy atom. The maximum Gasteiger partial charge on any atom is 0 e. The summed E-state index contributed by atoms with van der Waals surface area (Å²) in [6, 6.07) is 0. The average Bonchev–Trinajstić information content (AvgIpc) is 0. The molecule has 0 heterocycles. The van der Waals surface area contributed by atoms with Crippen molar-refractivity contribution < 1.29 is 164 Å². The van der Waals surface area contributed by atoms with Crippen LogP contribution in [0.2, 0.25) is 0 Å². The van der Waals surface area contributed by atoms with E-state index in [9.17, 15) is 0 Å². The van der Waals surface area contributed by atoms with Crippen LogP contribution in [0.5, 0.6) is 0 Å². The molecule has 2 radical (unpaired) electrons. The second-order valence-corrected chi connectivity index (χ2v) is 0. The molecule has 0 unspecified atom stereocenters. The van der Waals surface area contributed by atoms with Crippen molar-refractivity contribution >= 4 is 0 Å². The van der Waals surface area contributed by atoms with Crippen molar-refractivity contribution in [3.05, 3.63) is 0 Å². The molecule has 4 heavy (non-hydrogen) atoms. The molecule has 0 atom stereocenters. The largest absolute Gasteiger partial charge is 0 e. The summed E-state index contributed by atoms with van der Waals surface area (Å²) in [4.78, 5) is 0. The molecule has 0 rings (SSSR count). The Hall–Kier alpha value is 5.43. The molecule has 0 aromatic rings. The van der Waals surface area contributed by atoms with Gasteiger partial charge in [0.15, 0.2) is 0 Å². The third-order valence-electron chi connectivity index (χ3n) is 0. The van der Waals surface area contributed by atoms with E-state index >= 15 is 0 Å². The maximum absolute atomic E-state index is 0. The van der Waals surface area contributed by atoms with Crippen molar-refractivity contribution in [3.63, 3.8) is 0 Å². The molecule has 0 fully saturated rings. The maximum atomic E-state index is 0. The van der Waals surface area contributed by atoms with Crippen molar-refractivity contribution in [2.75, 3.05) is 0 Å². The summed E-state index contributed by atoms with van der Waals surface area (Å²) in [5.41, 5.74) is 0. The smallest absolute Gasteiger partial charge is 0 e. The van der Waals surface area contributed by atoms with E-state index in [4.69, 9.17) is 0 Å². The average molecular weight is 570 g/mol. The van der Waals surface area contributed by atoms with Crippen molar-refractivity contribution in [3.8, 4) is 0 Å². The minimum Gasteiger partial charge on any atom is 0 e. The van der Waals surface area contributed by atoms with Crippen LogP contribution in [0.25, 0.3) is 0 Å². The third kappa shape index (κ3) is 10.4. The summed E-state index contributed by atoms with van der Waals surface area (Å²) in [6.07, 6.45) is 0. The van der Waals surface area contributed by atoms with Crippen molar-refractivity contribution in [2.45, 2.75) is 0 Å². The molecule has 0 aliphatic carbocycles. The minimum atomic E-state index is 0. The zero-order valence-electron chi connectivity index (χ0n) is 2.15. The van der Waals surface area contributed by atoms with Gasteiger partial charge in [-0.05, 0) is 0 Å². The van der Waals surface area contributed by atoms with Gasteiger partial charge < -0.3 is 0 Å². The fourth-order valence-corrected chi connectivity index (χ4v) is 0. The molecule has 0 nitrogen and oxygen atoms in total. The van der Waals surface area contributed by atoms with Crippen LogP contribution in [0.15, 0.2) is 0 Å². The van der Waals surface area contributed by atoms with Crippen LogP contribution in [-0.2, 0) is 0 Å². The van der Waals surface area contributed by atoms with Crippen molar-refractivity contribution in [1.29, 1.82) is 0 Å². The minimum absolute atomic E-state index is 0. The van der Waals surface area contributed by atoms with Crippen LogP contribution in [0, 0.1) is 164 Å². The first-order valence-corrected chi connectivity index (χ1v) is 0. The predicted molar refractivity (Wildman–Crippen MR) is 0 cm³/mol. The first-order chi connectivity index (χ1) is 0. The van der Waals surface area contributed by atoms with Gasteiger partial charge in [-0.15, -0.1) is 0 Å². The van der Waals surface area contributed by atoms with E-state index in [1.165, 1.54) is 0 Å². The summed E-state index contributed by atoms with van der Waals surface area (Å²) in [6.45, 7) is 0. The Morgan fingerprint density at radius 1 is 0.500 bits per heavy atom. The first-order valence-electron chi connectivity index (χ1n) is 0. The Bertz CT molecular complexity index is 4.00. The second-order valence-electron chi connectivity index (χ2n) is 0. The molecule has 14 valence electrons. The monoisotopic (exact) mass is 566 g/mol. The predicted octanol–water partition coefficient (Wildman–Crippen LogP) is 0. The van der Waals surface area contributed by atoms with Gasteiger partial charge in [0.25, 0.3) is 0 Å². The van der Waals surface area contributed by atoms with E-state index in [0.29, 0.717) is 0 Å². The van der Waals surface area contributed by atoms with Gasteiger partial charge in [0.2, 0.25) is 0 Å². The van der Waals surface area contributed by atoms with E-state index in [-0.39, 0.29) is 164 Å². The van der Waals surface area contributed by atoms with Gasteiger partial charge in [0.1, 0.15) is 0 Å². The van der Waals surface area contributed by atoms with E-state index in [1.54, 1.807) is 0 Å². The molecule has 0 aromatic carbocycles. The summed E-state index contributed by atoms with van der Waals surface area (Å²) in [7, 11) is 0. The van der Waals surface area contributed by atoms with Crippen LogP contribution < -0.4 is 0 Å². The van der Waals surface area contributed by atoms with Crippen LogP contribution in [-0.4, -0.2) is 0 Å². The number of hydrogen-bond donors (Lipinski definition) is 0. The SMILES string of the molecule is [Nd].[Nd].[Pr].[Pr]. The fraction of sp³-hybridized carbons (Fsp3) is 0. The van der Waals surface area contributed by atoms with Crippen LogP contribution in [0.1, 0.15) is 0 Å². The molecule has 0 bridgehead atoms. The molecule has 0 N–H and O–H groups in total. The zero-order valence-corrected chi connectivity index (χ0v) is 16.0. The molecular weight excluding hydrogens is 570 g/mol. The molecule has 0 saturated heterocycles. The van der Waals surface area contributed by atoms with Gasteiger partial charge in [-0.2, -0.15) is 0 Å². The summed E-state index contributed by atoms with van der Waals surface area (Å²) < 4.78 is 0. The molecule has 0 aliphatic rings. The van der Waals surface area contributed by atoms with Gasteiger partial charge in [-0.25, -0.2) is 0 Å². The molecule has 0 aromatic heterocycles. The summed E-state index contributed by atoms with van der Waals surface area (Å²) in [5.74, 6) is 0. The van der Waals surface area contributed by atoms with Crippen LogP contribution in [0.3, 0.4) is 0 Å². The van der Waals surface area contributed by atoms with E-state index in [1.807, 2.05) is 0 Å². The Morgan fingerprint density at radius 3 is 0.500 bits per heavy atom. The molecule has 0 saturated carbocycles. The van der Waals surface area contributed by atoms with Gasteiger partial charge in [0.05, 0.1) is 0 Å². The zero-order chi connectivity index (χ0) is 0. The van der Waals surface area contributed by atoms with E-state index < -0.39 is 0 Å². The first kappa shape index (κ1) is 22.7. The second kappa shape index (κ2) is 15.8. The summed E-state index contributed by atoms with van der Waals surface area (Å²) >= 11 is 0. The van der Waals surface area contributed by atoms with Crippen molar-refractivity contribution in [2.24, 2.45) is 0 Å². The Kier molecular flexibility index (Phi) is 89.7. The van der Waals surface area contributed by atoms with E-state index in [0.717, 1.165) is 0 Å². The van der Waals surface area contributed by atoms with Gasteiger partial charge in [-0.3, -0.25) is 0 Å². The summed E-state index contributed by atoms with van der Waals surface area (Å²) in [5, 5.41) is 0. The molecule has 0 spiro atoms. The van der Waals surface area contributed by atoms with Gasteiger partial charge in [0, 0.05) is 164 Å². The molecule has 0 aliphatic heterocycles. The Labute approximate surface area is 158 Å². The topological polar surface area (TPSA) is 0 Å². The van der Waals surface area contributed by atoms with Crippen molar-refractivity contribution in [1.82, 2.24) is 0 Å². The molecule has 0 amide bonds. The number of rotatable bonds is 0. The standard InChI is InChI=1S/2Nd.2Pr.